The summed E-state index contributed by atoms with van der Waals surface area (Å²) in [6.07, 6.45) is 0. The number of nitrogens with zero attached hydrogens (tertiary/aromatic N) is 2. The molecule has 1 aromatic heterocycles. The first-order chi connectivity index (χ1) is 13.7. The van der Waals surface area contributed by atoms with Crippen LogP contribution in [0.2, 0.25) is 5.02 Å². The Morgan fingerprint density at radius 2 is 1.64 bits per heavy atom. The highest BCUT2D eigenvalue weighted by Gasteiger charge is 2.13. The summed E-state index contributed by atoms with van der Waals surface area (Å²) in [5, 5.41) is 1.93. The van der Waals surface area contributed by atoms with E-state index >= 15 is 0 Å². The molecule has 4 aromatic rings. The highest BCUT2D eigenvalue weighted by atomic mass is 35.5. The van der Waals surface area contributed by atoms with Crippen LogP contribution in [0.4, 0.5) is 0 Å². The van der Waals surface area contributed by atoms with Crippen molar-refractivity contribution in [1.29, 1.82) is 0 Å². The second-order valence-corrected chi connectivity index (χ2v) is 7.54. The molecule has 3 aromatic carbocycles. The van der Waals surface area contributed by atoms with Crippen molar-refractivity contribution in [3.63, 3.8) is 0 Å². The van der Waals surface area contributed by atoms with Crippen LogP contribution in [0.3, 0.4) is 0 Å². The maximum Gasteiger partial charge on any atom is 0.266 e. The first kappa shape index (κ1) is 18.6. The van der Waals surface area contributed by atoms with Gasteiger partial charge in [-0.1, -0.05) is 53.7 Å². The number of halogens is 1. The van der Waals surface area contributed by atoms with Gasteiger partial charge >= 0.3 is 0 Å². The molecule has 0 aliphatic heterocycles. The summed E-state index contributed by atoms with van der Waals surface area (Å²) in [6, 6.07) is 24.2. The van der Waals surface area contributed by atoms with Crippen molar-refractivity contribution in [3.8, 4) is 11.4 Å². The van der Waals surface area contributed by atoms with Gasteiger partial charge in [-0.25, -0.2) is 4.98 Å². The second-order valence-electron chi connectivity index (χ2n) is 6.04. The average molecular weight is 409 g/mol. The predicted molar refractivity (Wildman–Crippen MR) is 115 cm³/mol. The van der Waals surface area contributed by atoms with Gasteiger partial charge in [-0.15, -0.1) is 0 Å². The van der Waals surface area contributed by atoms with Crippen LogP contribution in [0, 0.1) is 0 Å². The molecular weight excluding hydrogens is 392 g/mol. The Hall–Kier alpha value is -2.76. The normalized spacial score (nSPS) is 10.9. The molecule has 0 N–H and O–H groups in total. The lowest BCUT2D eigenvalue weighted by Crippen LogP contribution is -2.22. The smallest absolute Gasteiger partial charge is 0.266 e. The summed E-state index contributed by atoms with van der Waals surface area (Å²) in [6.45, 7) is 0.490. The third-order valence-electron chi connectivity index (χ3n) is 4.16. The molecule has 0 aliphatic carbocycles. The van der Waals surface area contributed by atoms with Gasteiger partial charge in [0.15, 0.2) is 5.16 Å². The molecule has 140 valence electrons. The maximum atomic E-state index is 13.1. The van der Waals surface area contributed by atoms with Crippen LogP contribution < -0.4 is 10.3 Å². The van der Waals surface area contributed by atoms with E-state index in [0.29, 0.717) is 33.4 Å². The zero-order valence-corrected chi connectivity index (χ0v) is 16.5. The van der Waals surface area contributed by atoms with Gasteiger partial charge in [0.2, 0.25) is 0 Å². The van der Waals surface area contributed by atoms with E-state index in [1.54, 1.807) is 16.7 Å². The number of hydrogen-bond acceptors (Lipinski definition) is 4. The van der Waals surface area contributed by atoms with E-state index in [1.807, 2.05) is 66.7 Å². The lowest BCUT2D eigenvalue weighted by molar-refractivity contribution is 0.344. The molecule has 4 rings (SSSR count). The van der Waals surface area contributed by atoms with Crippen molar-refractivity contribution in [2.24, 2.45) is 0 Å². The predicted octanol–water partition coefficient (Wildman–Crippen LogP) is 5.21. The quantitative estimate of drug-likeness (QED) is 0.249. The summed E-state index contributed by atoms with van der Waals surface area (Å²) in [4.78, 5) is 17.8. The summed E-state index contributed by atoms with van der Waals surface area (Å²) < 4.78 is 7.41. The molecular formula is C22H17ClN2O2S. The molecule has 0 saturated carbocycles. The first-order valence-corrected chi connectivity index (χ1v) is 10.2. The number of thioether (sulfide) groups is 1. The zero-order chi connectivity index (χ0) is 19.3. The van der Waals surface area contributed by atoms with Gasteiger partial charge in [0, 0.05) is 10.8 Å². The Balaban J connectivity index is 1.60. The molecule has 0 amide bonds. The minimum Gasteiger partial charge on any atom is -0.493 e. The lowest BCUT2D eigenvalue weighted by Gasteiger charge is -2.13. The van der Waals surface area contributed by atoms with Gasteiger partial charge in [0.1, 0.15) is 5.75 Å². The van der Waals surface area contributed by atoms with Gasteiger partial charge in [-0.05, 0) is 48.5 Å². The fourth-order valence-electron chi connectivity index (χ4n) is 2.84. The van der Waals surface area contributed by atoms with Crippen molar-refractivity contribution < 1.29 is 4.74 Å². The molecule has 0 aliphatic rings. The first-order valence-electron chi connectivity index (χ1n) is 8.81. The maximum absolute atomic E-state index is 13.1. The molecule has 0 radical (unpaired) electrons. The fourth-order valence-corrected chi connectivity index (χ4v) is 3.79. The van der Waals surface area contributed by atoms with Crippen LogP contribution in [0.25, 0.3) is 16.6 Å². The van der Waals surface area contributed by atoms with Gasteiger partial charge in [0.05, 0.1) is 23.2 Å². The number of rotatable bonds is 6. The summed E-state index contributed by atoms with van der Waals surface area (Å²) in [7, 11) is 0. The molecule has 0 bridgehead atoms. The number of ether oxygens (including phenoxy) is 1. The highest BCUT2D eigenvalue weighted by Crippen LogP contribution is 2.22. The van der Waals surface area contributed by atoms with Crippen molar-refractivity contribution in [1.82, 2.24) is 9.55 Å². The van der Waals surface area contributed by atoms with Gasteiger partial charge in [0.25, 0.3) is 5.56 Å². The van der Waals surface area contributed by atoms with Gasteiger partial charge in [-0.3, -0.25) is 9.36 Å². The molecule has 6 heteroatoms. The number of hydrogen-bond donors (Lipinski definition) is 0. The molecule has 0 spiro atoms. The molecule has 0 saturated heterocycles. The van der Waals surface area contributed by atoms with E-state index in [9.17, 15) is 4.79 Å². The van der Waals surface area contributed by atoms with E-state index in [2.05, 4.69) is 0 Å². The van der Waals surface area contributed by atoms with Crippen molar-refractivity contribution in [3.05, 3.63) is 94.2 Å². The zero-order valence-electron chi connectivity index (χ0n) is 14.9. The highest BCUT2D eigenvalue weighted by molar-refractivity contribution is 7.99. The van der Waals surface area contributed by atoms with Gasteiger partial charge < -0.3 is 4.74 Å². The number of para-hydroxylation sites is 2. The van der Waals surface area contributed by atoms with E-state index in [-0.39, 0.29) is 5.56 Å². The SMILES string of the molecule is O=c1c2ccccc2nc(SCCOc2ccc(Cl)cc2)n1-c1ccccc1. The van der Waals surface area contributed by atoms with Crippen molar-refractivity contribution in [2.45, 2.75) is 5.16 Å². The van der Waals surface area contributed by atoms with Crippen LogP contribution in [-0.4, -0.2) is 21.9 Å². The van der Waals surface area contributed by atoms with E-state index in [4.69, 9.17) is 21.3 Å². The van der Waals surface area contributed by atoms with Crippen LogP contribution >= 0.6 is 23.4 Å². The molecule has 0 fully saturated rings. The Morgan fingerprint density at radius 1 is 0.929 bits per heavy atom. The van der Waals surface area contributed by atoms with Crippen LogP contribution in [0.5, 0.6) is 5.75 Å². The molecule has 28 heavy (non-hydrogen) atoms. The topological polar surface area (TPSA) is 44.1 Å². The Labute approximate surface area is 171 Å². The van der Waals surface area contributed by atoms with Crippen molar-refractivity contribution >= 4 is 34.3 Å². The lowest BCUT2D eigenvalue weighted by atomic mass is 10.2. The van der Waals surface area contributed by atoms with Crippen LogP contribution in [-0.2, 0) is 0 Å². The summed E-state index contributed by atoms with van der Waals surface area (Å²) >= 11 is 7.38. The third-order valence-corrected chi connectivity index (χ3v) is 5.31. The van der Waals surface area contributed by atoms with Gasteiger partial charge in [-0.2, -0.15) is 0 Å². The standard InChI is InChI=1S/C22H17ClN2O2S/c23-16-10-12-18(13-11-16)27-14-15-28-22-24-20-9-5-4-8-19(20)21(26)25(22)17-6-2-1-3-7-17/h1-13H,14-15H2. The average Bonchev–Trinajstić information content (AvgIpc) is 2.73. The Kier molecular flexibility index (Phi) is 5.65. The second kappa shape index (κ2) is 8.50. The summed E-state index contributed by atoms with van der Waals surface area (Å²) in [5.74, 6) is 1.41. The van der Waals surface area contributed by atoms with E-state index in [0.717, 1.165) is 11.4 Å². The molecule has 0 unspecified atom stereocenters. The third kappa shape index (κ3) is 4.06. The van der Waals surface area contributed by atoms with Crippen LogP contribution in [0.15, 0.2) is 88.8 Å². The largest absolute Gasteiger partial charge is 0.493 e. The number of fused-ring (bicyclic) bond motifs is 1. The summed E-state index contributed by atoms with van der Waals surface area (Å²) in [5.41, 5.74) is 1.42. The minimum atomic E-state index is -0.0714. The number of benzene rings is 3. The Bertz CT molecular complexity index is 1140. The Morgan fingerprint density at radius 3 is 2.43 bits per heavy atom. The van der Waals surface area contributed by atoms with Crippen LogP contribution in [0.1, 0.15) is 0 Å². The van der Waals surface area contributed by atoms with Crippen molar-refractivity contribution in [2.75, 3.05) is 12.4 Å². The fraction of sp³-hybridized carbons (Fsp3) is 0.0909. The van der Waals surface area contributed by atoms with E-state index in [1.165, 1.54) is 11.8 Å². The minimum absolute atomic E-state index is 0.0714. The van der Waals surface area contributed by atoms with E-state index < -0.39 is 0 Å². The molecule has 1 heterocycles. The molecule has 4 nitrogen and oxygen atoms in total. The molecule has 0 atom stereocenters. The number of aromatic nitrogens is 2. The monoisotopic (exact) mass is 408 g/mol.